The number of aryl methyl sites for hydroxylation is 2. The molecule has 162 valence electrons. The van der Waals surface area contributed by atoms with E-state index >= 15 is 0 Å². The smallest absolute Gasteiger partial charge is 0.322 e. The lowest BCUT2D eigenvalue weighted by Crippen LogP contribution is -2.51. The van der Waals surface area contributed by atoms with E-state index in [0.29, 0.717) is 5.56 Å². The molecule has 0 aromatic heterocycles. The van der Waals surface area contributed by atoms with E-state index in [2.05, 4.69) is 5.32 Å². The minimum Gasteiger partial charge on any atom is -0.322 e. The topological polar surface area (TPSA) is 69.7 Å². The van der Waals surface area contributed by atoms with Crippen molar-refractivity contribution in [3.05, 3.63) is 59.2 Å². The van der Waals surface area contributed by atoms with Crippen molar-refractivity contribution in [2.45, 2.75) is 24.9 Å². The first kappa shape index (κ1) is 22.1. The Morgan fingerprint density at radius 2 is 1.57 bits per heavy atom. The highest BCUT2D eigenvalue weighted by atomic mass is 32.2. The van der Waals surface area contributed by atoms with Crippen LogP contribution in [0.25, 0.3) is 0 Å². The molecule has 1 aliphatic rings. The first-order chi connectivity index (χ1) is 14.0. The molecule has 1 aliphatic heterocycles. The molecule has 2 aromatic rings. The van der Waals surface area contributed by atoms with Crippen LogP contribution in [0.3, 0.4) is 0 Å². The van der Waals surface area contributed by atoms with Crippen LogP contribution in [-0.4, -0.2) is 49.8 Å². The fraction of sp³-hybridized carbons (Fsp3) is 0.350. The molecule has 0 unspecified atom stereocenters. The van der Waals surface area contributed by atoms with Crippen molar-refractivity contribution in [2.24, 2.45) is 0 Å². The fourth-order valence-electron chi connectivity index (χ4n) is 3.30. The number of hydrogen-bond donors (Lipinski definition) is 1. The maximum absolute atomic E-state index is 12.9. The second kappa shape index (κ2) is 8.27. The average molecular weight is 441 g/mol. The van der Waals surface area contributed by atoms with Gasteiger partial charge in [-0.05, 0) is 49.7 Å². The molecule has 30 heavy (non-hydrogen) atoms. The molecule has 1 N–H and O–H groups in total. The summed E-state index contributed by atoms with van der Waals surface area (Å²) in [5, 5.41) is 2.54. The van der Waals surface area contributed by atoms with Crippen LogP contribution in [0.15, 0.2) is 47.4 Å². The minimum absolute atomic E-state index is 0.135. The number of urea groups is 1. The van der Waals surface area contributed by atoms with Gasteiger partial charge in [0.1, 0.15) is 0 Å². The third kappa shape index (κ3) is 4.76. The summed E-state index contributed by atoms with van der Waals surface area (Å²) in [7, 11) is -3.67. The number of alkyl halides is 3. The highest BCUT2D eigenvalue weighted by molar-refractivity contribution is 7.89. The van der Waals surface area contributed by atoms with Crippen LogP contribution < -0.4 is 5.32 Å². The highest BCUT2D eigenvalue weighted by Crippen LogP contribution is 2.30. The molecule has 0 aliphatic carbocycles. The standard InChI is InChI=1S/C20H22F3N3O3S/c1-14-3-8-18(15(2)13-14)30(28,29)26-11-9-25(10-12-26)19(27)24-17-6-4-16(5-7-17)20(21,22)23/h3-8,13H,9-12H2,1-2H3,(H,24,27). The summed E-state index contributed by atoms with van der Waals surface area (Å²) in [5.41, 5.74) is 1.07. The molecule has 10 heteroatoms. The molecular weight excluding hydrogens is 419 g/mol. The van der Waals surface area contributed by atoms with E-state index in [9.17, 15) is 26.4 Å². The lowest BCUT2D eigenvalue weighted by Gasteiger charge is -2.34. The summed E-state index contributed by atoms with van der Waals surface area (Å²) >= 11 is 0. The van der Waals surface area contributed by atoms with Crippen LogP contribution in [0.5, 0.6) is 0 Å². The Hall–Kier alpha value is -2.59. The second-order valence-corrected chi connectivity index (χ2v) is 9.07. The molecule has 0 radical (unpaired) electrons. The van der Waals surface area contributed by atoms with E-state index in [0.717, 1.165) is 17.7 Å². The number of carbonyl (C=O) groups excluding carboxylic acids is 1. The molecule has 3 rings (SSSR count). The van der Waals surface area contributed by atoms with Gasteiger partial charge in [0, 0.05) is 31.9 Å². The Bertz CT molecular complexity index is 1030. The van der Waals surface area contributed by atoms with Gasteiger partial charge in [0.05, 0.1) is 10.5 Å². The molecule has 1 saturated heterocycles. The molecule has 1 fully saturated rings. The van der Waals surface area contributed by atoms with Gasteiger partial charge in [-0.15, -0.1) is 0 Å². The predicted molar refractivity (Wildman–Crippen MR) is 107 cm³/mol. The Morgan fingerprint density at radius 1 is 0.967 bits per heavy atom. The van der Waals surface area contributed by atoms with Crippen molar-refractivity contribution in [1.82, 2.24) is 9.21 Å². The summed E-state index contributed by atoms with van der Waals surface area (Å²) in [4.78, 5) is 14.1. The van der Waals surface area contributed by atoms with Gasteiger partial charge >= 0.3 is 12.2 Å². The van der Waals surface area contributed by atoms with Crippen LogP contribution in [0.2, 0.25) is 0 Å². The van der Waals surface area contributed by atoms with Gasteiger partial charge in [0.2, 0.25) is 10.0 Å². The van der Waals surface area contributed by atoms with Crippen molar-refractivity contribution in [2.75, 3.05) is 31.5 Å². The van der Waals surface area contributed by atoms with Crippen molar-refractivity contribution >= 4 is 21.7 Å². The molecule has 2 amide bonds. The highest BCUT2D eigenvalue weighted by Gasteiger charge is 2.32. The number of amides is 2. The van der Waals surface area contributed by atoms with E-state index in [1.54, 1.807) is 25.1 Å². The fourth-order valence-corrected chi connectivity index (χ4v) is 4.93. The van der Waals surface area contributed by atoms with Crippen molar-refractivity contribution in [3.63, 3.8) is 0 Å². The first-order valence-corrected chi connectivity index (χ1v) is 10.7. The zero-order valence-corrected chi connectivity index (χ0v) is 17.3. The van der Waals surface area contributed by atoms with Crippen molar-refractivity contribution in [3.8, 4) is 0 Å². The number of carbonyl (C=O) groups is 1. The largest absolute Gasteiger partial charge is 0.416 e. The van der Waals surface area contributed by atoms with Gasteiger partial charge in [0.25, 0.3) is 0 Å². The molecule has 2 aromatic carbocycles. The molecule has 0 spiro atoms. The summed E-state index contributed by atoms with van der Waals surface area (Å²) < 4.78 is 65.0. The maximum atomic E-state index is 12.9. The molecule has 0 atom stereocenters. The normalized spacial score (nSPS) is 15.8. The number of piperazine rings is 1. The number of benzene rings is 2. The summed E-state index contributed by atoms with van der Waals surface area (Å²) in [6, 6.07) is 8.80. The molecule has 0 bridgehead atoms. The number of anilines is 1. The van der Waals surface area contributed by atoms with Crippen LogP contribution in [0.1, 0.15) is 16.7 Å². The lowest BCUT2D eigenvalue weighted by atomic mass is 10.2. The van der Waals surface area contributed by atoms with Gasteiger partial charge in [-0.25, -0.2) is 13.2 Å². The van der Waals surface area contributed by atoms with Gasteiger partial charge in [-0.1, -0.05) is 17.7 Å². The van der Waals surface area contributed by atoms with E-state index in [4.69, 9.17) is 0 Å². The van der Waals surface area contributed by atoms with Crippen LogP contribution in [0, 0.1) is 13.8 Å². The SMILES string of the molecule is Cc1ccc(S(=O)(=O)N2CCN(C(=O)Nc3ccc(C(F)(F)F)cc3)CC2)c(C)c1. The van der Waals surface area contributed by atoms with Gasteiger partial charge in [-0.3, -0.25) is 0 Å². The molecule has 6 nitrogen and oxygen atoms in total. The Kier molecular flexibility index (Phi) is 6.09. The van der Waals surface area contributed by atoms with Gasteiger partial charge < -0.3 is 10.2 Å². The zero-order chi connectivity index (χ0) is 22.1. The van der Waals surface area contributed by atoms with E-state index in [1.165, 1.54) is 21.3 Å². The lowest BCUT2D eigenvalue weighted by molar-refractivity contribution is -0.137. The number of halogens is 3. The Morgan fingerprint density at radius 3 is 2.10 bits per heavy atom. The first-order valence-electron chi connectivity index (χ1n) is 9.29. The van der Waals surface area contributed by atoms with Crippen molar-refractivity contribution in [1.29, 1.82) is 0 Å². The van der Waals surface area contributed by atoms with E-state index < -0.39 is 27.8 Å². The van der Waals surface area contributed by atoms with Crippen LogP contribution >= 0.6 is 0 Å². The summed E-state index contributed by atoms with van der Waals surface area (Å²) in [5.74, 6) is 0. The molecular formula is C20H22F3N3O3S. The van der Waals surface area contributed by atoms with E-state index in [-0.39, 0.29) is 36.8 Å². The van der Waals surface area contributed by atoms with Gasteiger partial charge in [0.15, 0.2) is 0 Å². The number of nitrogens with one attached hydrogen (secondary N) is 1. The molecule has 1 heterocycles. The van der Waals surface area contributed by atoms with Crippen LogP contribution in [0.4, 0.5) is 23.7 Å². The number of sulfonamides is 1. The number of rotatable bonds is 3. The average Bonchev–Trinajstić information content (AvgIpc) is 2.67. The monoisotopic (exact) mass is 441 g/mol. The second-order valence-electron chi connectivity index (χ2n) is 7.17. The predicted octanol–water partition coefficient (Wildman–Crippen LogP) is 3.86. The zero-order valence-electron chi connectivity index (χ0n) is 16.5. The maximum Gasteiger partial charge on any atom is 0.416 e. The third-order valence-electron chi connectivity index (χ3n) is 4.94. The minimum atomic E-state index is -4.44. The van der Waals surface area contributed by atoms with Crippen molar-refractivity contribution < 1.29 is 26.4 Å². The Labute approximate surface area is 173 Å². The quantitative estimate of drug-likeness (QED) is 0.787. The number of hydrogen-bond acceptors (Lipinski definition) is 3. The Balaban J connectivity index is 1.61. The third-order valence-corrected chi connectivity index (χ3v) is 7.00. The number of nitrogens with zero attached hydrogens (tertiary/aromatic N) is 2. The molecule has 0 saturated carbocycles. The van der Waals surface area contributed by atoms with Gasteiger partial charge in [-0.2, -0.15) is 17.5 Å². The van der Waals surface area contributed by atoms with Crippen LogP contribution in [-0.2, 0) is 16.2 Å². The van der Waals surface area contributed by atoms with E-state index in [1.807, 2.05) is 6.92 Å². The summed E-state index contributed by atoms with van der Waals surface area (Å²) in [6.45, 7) is 4.25. The summed E-state index contributed by atoms with van der Waals surface area (Å²) in [6.07, 6.45) is -4.44.